The fourth-order valence-electron chi connectivity index (χ4n) is 3.14. The predicted molar refractivity (Wildman–Crippen MR) is 106 cm³/mol. The smallest absolute Gasteiger partial charge is 0.319 e. The van der Waals surface area contributed by atoms with Crippen molar-refractivity contribution in [3.05, 3.63) is 59.7 Å². The third-order valence-electron chi connectivity index (χ3n) is 5.15. The lowest BCUT2D eigenvalue weighted by Gasteiger charge is -2.20. The first-order chi connectivity index (χ1) is 12.3. The van der Waals surface area contributed by atoms with Crippen LogP contribution in [0.25, 0.3) is 0 Å². The number of carbonyl (C=O) groups excluding carboxylic acids is 1. The molecule has 0 spiro atoms. The van der Waals surface area contributed by atoms with E-state index in [1.165, 1.54) is 11.1 Å². The van der Waals surface area contributed by atoms with Gasteiger partial charge in [0.05, 0.1) is 7.11 Å². The summed E-state index contributed by atoms with van der Waals surface area (Å²) < 4.78 is 5.22. The van der Waals surface area contributed by atoms with Gasteiger partial charge in [-0.2, -0.15) is 0 Å². The van der Waals surface area contributed by atoms with Gasteiger partial charge in [-0.05, 0) is 53.6 Å². The van der Waals surface area contributed by atoms with Gasteiger partial charge in [0, 0.05) is 17.6 Å². The van der Waals surface area contributed by atoms with Gasteiger partial charge < -0.3 is 15.4 Å². The van der Waals surface area contributed by atoms with Gasteiger partial charge in [0.1, 0.15) is 5.75 Å². The second-order valence-corrected chi connectivity index (χ2v) is 8.14. The number of methoxy groups -OCH3 is 1. The number of rotatable bonds is 5. The lowest BCUT2D eigenvalue weighted by atomic mass is 9.87. The monoisotopic (exact) mass is 352 g/mol. The molecule has 0 unspecified atom stereocenters. The normalized spacial score (nSPS) is 15.2. The van der Waals surface area contributed by atoms with E-state index in [-0.39, 0.29) is 16.9 Å². The van der Waals surface area contributed by atoms with Gasteiger partial charge in [0.2, 0.25) is 0 Å². The van der Waals surface area contributed by atoms with E-state index in [4.69, 9.17) is 4.74 Å². The first-order valence-corrected chi connectivity index (χ1v) is 9.12. The van der Waals surface area contributed by atoms with Gasteiger partial charge in [-0.25, -0.2) is 4.79 Å². The van der Waals surface area contributed by atoms with Crippen molar-refractivity contribution in [2.75, 3.05) is 19.0 Å². The Bertz CT molecular complexity index is 754. The molecule has 0 radical (unpaired) electrons. The lowest BCUT2D eigenvalue weighted by Crippen LogP contribution is -2.35. The third kappa shape index (κ3) is 4.18. The Morgan fingerprint density at radius 1 is 1.04 bits per heavy atom. The van der Waals surface area contributed by atoms with Gasteiger partial charge in [-0.15, -0.1) is 0 Å². The molecule has 0 aliphatic heterocycles. The second-order valence-electron chi connectivity index (χ2n) is 8.14. The van der Waals surface area contributed by atoms with Gasteiger partial charge >= 0.3 is 6.03 Å². The van der Waals surface area contributed by atoms with Crippen LogP contribution in [0.15, 0.2) is 48.5 Å². The Morgan fingerprint density at radius 2 is 1.65 bits per heavy atom. The van der Waals surface area contributed by atoms with Crippen LogP contribution in [-0.2, 0) is 10.8 Å². The highest BCUT2D eigenvalue weighted by Gasteiger charge is 2.44. The highest BCUT2D eigenvalue weighted by molar-refractivity contribution is 5.89. The van der Waals surface area contributed by atoms with Crippen molar-refractivity contribution in [3.8, 4) is 5.75 Å². The summed E-state index contributed by atoms with van der Waals surface area (Å²) in [7, 11) is 1.67. The van der Waals surface area contributed by atoms with Crippen LogP contribution in [0.1, 0.15) is 44.7 Å². The summed E-state index contributed by atoms with van der Waals surface area (Å²) in [6.45, 7) is 7.18. The van der Waals surface area contributed by atoms with Crippen molar-refractivity contribution in [1.29, 1.82) is 0 Å². The summed E-state index contributed by atoms with van der Waals surface area (Å²) in [6.07, 6.45) is 2.19. The molecular weight excluding hydrogens is 324 g/mol. The predicted octanol–water partition coefficient (Wildman–Crippen LogP) is 4.85. The van der Waals surface area contributed by atoms with E-state index < -0.39 is 0 Å². The van der Waals surface area contributed by atoms with E-state index in [1.807, 2.05) is 24.3 Å². The van der Waals surface area contributed by atoms with Crippen molar-refractivity contribution >= 4 is 11.7 Å². The zero-order valence-corrected chi connectivity index (χ0v) is 16.1. The Balaban J connectivity index is 1.55. The number of nitrogens with one attached hydrogen (secondary N) is 2. The maximum atomic E-state index is 12.3. The molecule has 3 rings (SSSR count). The molecule has 26 heavy (non-hydrogen) atoms. The summed E-state index contributed by atoms with van der Waals surface area (Å²) in [5.41, 5.74) is 3.50. The summed E-state index contributed by atoms with van der Waals surface area (Å²) in [5, 5.41) is 5.95. The van der Waals surface area contributed by atoms with Gasteiger partial charge in [0.25, 0.3) is 0 Å². The minimum Gasteiger partial charge on any atom is -0.497 e. The topological polar surface area (TPSA) is 50.4 Å². The van der Waals surface area contributed by atoms with Crippen LogP contribution < -0.4 is 15.4 Å². The number of carbonyl (C=O) groups is 1. The molecule has 2 aromatic rings. The van der Waals surface area contributed by atoms with Crippen LogP contribution in [0.2, 0.25) is 0 Å². The highest BCUT2D eigenvalue weighted by Crippen LogP contribution is 2.47. The first-order valence-electron chi connectivity index (χ1n) is 9.12. The van der Waals surface area contributed by atoms with Crippen LogP contribution >= 0.6 is 0 Å². The van der Waals surface area contributed by atoms with E-state index in [0.717, 1.165) is 24.3 Å². The fourth-order valence-corrected chi connectivity index (χ4v) is 3.14. The van der Waals surface area contributed by atoms with E-state index >= 15 is 0 Å². The van der Waals surface area contributed by atoms with Crippen molar-refractivity contribution in [3.63, 3.8) is 0 Å². The largest absolute Gasteiger partial charge is 0.497 e. The lowest BCUT2D eigenvalue weighted by molar-refractivity contribution is 0.251. The molecule has 138 valence electrons. The maximum absolute atomic E-state index is 12.3. The number of hydrogen-bond acceptors (Lipinski definition) is 2. The Morgan fingerprint density at radius 3 is 2.15 bits per heavy atom. The Kier molecular flexibility index (Phi) is 4.94. The molecule has 4 heteroatoms. The molecule has 0 aromatic heterocycles. The molecule has 1 saturated carbocycles. The van der Waals surface area contributed by atoms with E-state index in [0.29, 0.717) is 6.54 Å². The molecule has 0 saturated heterocycles. The van der Waals surface area contributed by atoms with Crippen molar-refractivity contribution in [1.82, 2.24) is 5.32 Å². The minimum absolute atomic E-state index is 0.0692. The van der Waals surface area contributed by atoms with E-state index in [9.17, 15) is 4.79 Å². The number of benzene rings is 2. The number of urea groups is 1. The molecule has 2 aromatic carbocycles. The quantitative estimate of drug-likeness (QED) is 0.808. The van der Waals surface area contributed by atoms with Crippen molar-refractivity contribution < 1.29 is 9.53 Å². The summed E-state index contributed by atoms with van der Waals surface area (Å²) >= 11 is 0. The first kappa shape index (κ1) is 18.3. The average molecular weight is 352 g/mol. The molecule has 2 amide bonds. The highest BCUT2D eigenvalue weighted by atomic mass is 16.5. The number of ether oxygens (including phenoxy) is 1. The van der Waals surface area contributed by atoms with E-state index in [2.05, 4.69) is 55.7 Å². The van der Waals surface area contributed by atoms with Crippen LogP contribution in [0, 0.1) is 0 Å². The van der Waals surface area contributed by atoms with Gasteiger partial charge in [0.15, 0.2) is 0 Å². The zero-order chi connectivity index (χ0) is 18.8. The molecule has 2 N–H and O–H groups in total. The average Bonchev–Trinajstić information content (AvgIpc) is 3.41. The molecule has 0 atom stereocenters. The molecule has 1 fully saturated rings. The standard InChI is InChI=1S/C22H28N2O2/c1-21(2,3)16-5-9-18(10-6-16)24-20(25)23-15-22(13-14-22)17-7-11-19(26-4)12-8-17/h5-12H,13-15H2,1-4H3,(H2,23,24,25). The van der Waals surface area contributed by atoms with Crippen LogP contribution in [-0.4, -0.2) is 19.7 Å². The molecule has 4 nitrogen and oxygen atoms in total. The summed E-state index contributed by atoms with van der Waals surface area (Å²) in [6, 6.07) is 16.0. The molecule has 0 bridgehead atoms. The van der Waals surface area contributed by atoms with Crippen molar-refractivity contribution in [2.45, 2.75) is 44.4 Å². The maximum Gasteiger partial charge on any atom is 0.319 e. The SMILES string of the molecule is COc1ccc(C2(CNC(=O)Nc3ccc(C(C)(C)C)cc3)CC2)cc1. The second kappa shape index (κ2) is 7.02. The molecule has 0 heterocycles. The third-order valence-corrected chi connectivity index (χ3v) is 5.15. The zero-order valence-electron chi connectivity index (χ0n) is 16.1. The van der Waals surface area contributed by atoms with Crippen LogP contribution in [0.4, 0.5) is 10.5 Å². The van der Waals surface area contributed by atoms with Gasteiger partial charge in [-0.1, -0.05) is 45.0 Å². The van der Waals surface area contributed by atoms with Crippen LogP contribution in [0.5, 0.6) is 5.75 Å². The molecule has 1 aliphatic rings. The van der Waals surface area contributed by atoms with Gasteiger partial charge in [-0.3, -0.25) is 0 Å². The molecule has 1 aliphatic carbocycles. The minimum atomic E-state index is -0.159. The van der Waals surface area contributed by atoms with Crippen molar-refractivity contribution in [2.24, 2.45) is 0 Å². The van der Waals surface area contributed by atoms with E-state index in [1.54, 1.807) is 7.11 Å². The number of anilines is 1. The Hall–Kier alpha value is -2.49. The Labute approximate surface area is 156 Å². The van der Waals surface area contributed by atoms with Crippen LogP contribution in [0.3, 0.4) is 0 Å². The number of amides is 2. The fraction of sp³-hybridized carbons (Fsp3) is 0.409. The molecular formula is C22H28N2O2. The summed E-state index contributed by atoms with van der Waals surface area (Å²) in [5.74, 6) is 0.856. The summed E-state index contributed by atoms with van der Waals surface area (Å²) in [4.78, 5) is 12.3. The number of hydrogen-bond donors (Lipinski definition) is 2.